The molecule has 0 fully saturated rings. The SMILES string of the molecule is NS(=O)(=O)c1cccnc1-c1cnc2c(I)cccc2c1. The number of pyridine rings is 2. The van der Waals surface area contributed by atoms with E-state index in [1.54, 1.807) is 12.3 Å². The van der Waals surface area contributed by atoms with E-state index in [9.17, 15) is 8.42 Å². The van der Waals surface area contributed by atoms with Crippen molar-refractivity contribution in [1.82, 2.24) is 9.97 Å². The van der Waals surface area contributed by atoms with E-state index in [0.717, 1.165) is 14.5 Å². The minimum atomic E-state index is -3.83. The van der Waals surface area contributed by atoms with Crippen LogP contribution in [0, 0.1) is 3.57 Å². The van der Waals surface area contributed by atoms with Gasteiger partial charge >= 0.3 is 0 Å². The molecule has 2 heterocycles. The molecule has 5 nitrogen and oxygen atoms in total. The number of sulfonamides is 1. The van der Waals surface area contributed by atoms with Crippen LogP contribution in [-0.4, -0.2) is 18.4 Å². The van der Waals surface area contributed by atoms with Crippen molar-refractivity contribution >= 4 is 43.5 Å². The van der Waals surface area contributed by atoms with Crippen LogP contribution < -0.4 is 5.14 Å². The molecule has 7 heteroatoms. The lowest BCUT2D eigenvalue weighted by molar-refractivity contribution is 0.597. The van der Waals surface area contributed by atoms with Crippen LogP contribution in [0.25, 0.3) is 22.2 Å². The highest BCUT2D eigenvalue weighted by atomic mass is 127. The van der Waals surface area contributed by atoms with Crippen LogP contribution in [0.2, 0.25) is 0 Å². The molecule has 3 rings (SSSR count). The first-order valence-electron chi connectivity index (χ1n) is 5.99. The summed E-state index contributed by atoms with van der Waals surface area (Å²) in [4.78, 5) is 8.54. The van der Waals surface area contributed by atoms with Gasteiger partial charge in [-0.15, -0.1) is 0 Å². The minimum Gasteiger partial charge on any atom is -0.255 e. The number of aromatic nitrogens is 2. The highest BCUT2D eigenvalue weighted by Gasteiger charge is 2.16. The van der Waals surface area contributed by atoms with Crippen LogP contribution in [0.3, 0.4) is 0 Å². The highest BCUT2D eigenvalue weighted by molar-refractivity contribution is 14.1. The maximum absolute atomic E-state index is 11.7. The molecule has 0 bridgehead atoms. The van der Waals surface area contributed by atoms with Gasteiger partial charge in [-0.05, 0) is 46.9 Å². The van der Waals surface area contributed by atoms with Crippen molar-refractivity contribution in [2.24, 2.45) is 5.14 Å². The Labute approximate surface area is 135 Å². The Kier molecular flexibility index (Phi) is 3.64. The number of primary sulfonamides is 1. The molecule has 0 atom stereocenters. The van der Waals surface area contributed by atoms with Gasteiger partial charge in [-0.2, -0.15) is 0 Å². The van der Waals surface area contributed by atoms with Crippen molar-refractivity contribution in [3.63, 3.8) is 0 Å². The number of hydrogen-bond donors (Lipinski definition) is 1. The molecule has 0 amide bonds. The fourth-order valence-electron chi connectivity index (χ4n) is 2.09. The van der Waals surface area contributed by atoms with Gasteiger partial charge in [-0.1, -0.05) is 12.1 Å². The maximum atomic E-state index is 11.7. The van der Waals surface area contributed by atoms with Crippen molar-refractivity contribution in [1.29, 1.82) is 0 Å². The second kappa shape index (κ2) is 5.32. The first-order valence-corrected chi connectivity index (χ1v) is 8.62. The van der Waals surface area contributed by atoms with E-state index in [1.165, 1.54) is 12.3 Å². The third-order valence-electron chi connectivity index (χ3n) is 3.01. The number of halogens is 1. The van der Waals surface area contributed by atoms with Crippen molar-refractivity contribution in [3.05, 3.63) is 52.4 Å². The fraction of sp³-hybridized carbons (Fsp3) is 0. The van der Waals surface area contributed by atoms with Crippen molar-refractivity contribution in [3.8, 4) is 11.3 Å². The lowest BCUT2D eigenvalue weighted by Gasteiger charge is -2.07. The maximum Gasteiger partial charge on any atom is 0.240 e. The van der Waals surface area contributed by atoms with E-state index >= 15 is 0 Å². The zero-order chi connectivity index (χ0) is 15.0. The molecule has 0 aliphatic carbocycles. The predicted molar refractivity (Wildman–Crippen MR) is 89.1 cm³/mol. The number of nitrogens with zero attached hydrogens (tertiary/aromatic N) is 2. The Morgan fingerprint density at radius 3 is 2.67 bits per heavy atom. The summed E-state index contributed by atoms with van der Waals surface area (Å²) in [5.74, 6) is 0. The smallest absolute Gasteiger partial charge is 0.240 e. The molecule has 0 radical (unpaired) electrons. The first kappa shape index (κ1) is 14.4. The molecule has 106 valence electrons. The monoisotopic (exact) mass is 411 g/mol. The van der Waals surface area contributed by atoms with E-state index in [2.05, 4.69) is 32.6 Å². The van der Waals surface area contributed by atoms with E-state index in [1.807, 2.05) is 24.3 Å². The second-order valence-corrected chi connectivity index (χ2v) is 7.12. The van der Waals surface area contributed by atoms with Gasteiger partial charge in [-0.3, -0.25) is 9.97 Å². The van der Waals surface area contributed by atoms with E-state index in [-0.39, 0.29) is 4.90 Å². The molecular formula is C14H10IN3O2S. The summed E-state index contributed by atoms with van der Waals surface area (Å²) in [6, 6.07) is 10.7. The third-order valence-corrected chi connectivity index (χ3v) is 4.83. The highest BCUT2D eigenvalue weighted by Crippen LogP contribution is 2.27. The van der Waals surface area contributed by atoms with Crippen LogP contribution in [0.15, 0.2) is 53.7 Å². The lowest BCUT2D eigenvalue weighted by Crippen LogP contribution is -2.14. The molecule has 3 aromatic rings. The normalized spacial score (nSPS) is 11.7. The molecular weight excluding hydrogens is 401 g/mol. The predicted octanol–water partition coefficient (Wildman–Crippen LogP) is 2.55. The quantitative estimate of drug-likeness (QED) is 0.657. The molecule has 0 aliphatic heterocycles. The molecule has 1 aromatic carbocycles. The number of rotatable bonds is 2. The van der Waals surface area contributed by atoms with Crippen LogP contribution >= 0.6 is 22.6 Å². The van der Waals surface area contributed by atoms with Gasteiger partial charge in [-0.25, -0.2) is 13.6 Å². The summed E-state index contributed by atoms with van der Waals surface area (Å²) in [5, 5.41) is 6.16. The number of fused-ring (bicyclic) bond motifs is 1. The van der Waals surface area contributed by atoms with Gasteiger partial charge in [0.15, 0.2) is 0 Å². The Morgan fingerprint density at radius 1 is 1.10 bits per heavy atom. The van der Waals surface area contributed by atoms with Crippen molar-refractivity contribution in [2.75, 3.05) is 0 Å². The van der Waals surface area contributed by atoms with Gasteiger partial charge < -0.3 is 0 Å². The minimum absolute atomic E-state index is 0.00298. The van der Waals surface area contributed by atoms with Gasteiger partial charge in [0, 0.05) is 26.9 Å². The second-order valence-electron chi connectivity index (χ2n) is 4.43. The standard InChI is InChI=1S/C14H10IN3O2S/c15-11-4-1-3-9-7-10(8-18-13(9)11)14-12(21(16,19)20)5-2-6-17-14/h1-8H,(H2,16,19,20). The molecule has 0 aliphatic rings. The molecule has 0 unspecified atom stereocenters. The number of benzene rings is 1. The molecule has 0 saturated heterocycles. The van der Waals surface area contributed by atoms with Gasteiger partial charge in [0.25, 0.3) is 0 Å². The summed E-state index contributed by atoms with van der Waals surface area (Å²) in [5.41, 5.74) is 1.80. The topological polar surface area (TPSA) is 85.9 Å². The number of hydrogen-bond acceptors (Lipinski definition) is 4. The summed E-state index contributed by atoms with van der Waals surface area (Å²) in [6.07, 6.45) is 3.14. The summed E-state index contributed by atoms with van der Waals surface area (Å²) >= 11 is 2.21. The van der Waals surface area contributed by atoms with E-state index in [0.29, 0.717) is 11.3 Å². The molecule has 0 saturated carbocycles. The molecule has 2 N–H and O–H groups in total. The number of nitrogens with two attached hydrogens (primary N) is 1. The van der Waals surface area contributed by atoms with Crippen LogP contribution in [-0.2, 0) is 10.0 Å². The Morgan fingerprint density at radius 2 is 1.90 bits per heavy atom. The first-order chi connectivity index (χ1) is 9.97. The zero-order valence-electron chi connectivity index (χ0n) is 10.7. The average molecular weight is 411 g/mol. The molecule has 2 aromatic heterocycles. The largest absolute Gasteiger partial charge is 0.255 e. The van der Waals surface area contributed by atoms with Crippen LogP contribution in [0.4, 0.5) is 0 Å². The van der Waals surface area contributed by atoms with Crippen molar-refractivity contribution in [2.45, 2.75) is 4.90 Å². The third kappa shape index (κ3) is 2.76. The Hall–Kier alpha value is -1.58. The number of para-hydroxylation sites is 1. The molecule has 0 spiro atoms. The van der Waals surface area contributed by atoms with Gasteiger partial charge in [0.05, 0.1) is 11.2 Å². The average Bonchev–Trinajstić information content (AvgIpc) is 2.46. The van der Waals surface area contributed by atoms with Crippen LogP contribution in [0.1, 0.15) is 0 Å². The van der Waals surface area contributed by atoms with E-state index in [4.69, 9.17) is 5.14 Å². The van der Waals surface area contributed by atoms with Crippen LogP contribution in [0.5, 0.6) is 0 Å². The summed E-state index contributed by atoms with van der Waals surface area (Å²) < 4.78 is 24.4. The van der Waals surface area contributed by atoms with Gasteiger partial charge in [0.1, 0.15) is 4.90 Å². The molecule has 21 heavy (non-hydrogen) atoms. The Bertz CT molecular complexity index is 942. The zero-order valence-corrected chi connectivity index (χ0v) is 13.7. The summed E-state index contributed by atoms with van der Waals surface area (Å²) in [6.45, 7) is 0. The van der Waals surface area contributed by atoms with E-state index < -0.39 is 10.0 Å². The summed E-state index contributed by atoms with van der Waals surface area (Å²) in [7, 11) is -3.83. The lowest BCUT2D eigenvalue weighted by atomic mass is 10.1. The fourth-order valence-corrected chi connectivity index (χ4v) is 3.46. The van der Waals surface area contributed by atoms with Crippen molar-refractivity contribution < 1.29 is 8.42 Å². The Balaban J connectivity index is 2.27. The van der Waals surface area contributed by atoms with Gasteiger partial charge in [0.2, 0.25) is 10.0 Å².